The molecule has 0 radical (unpaired) electrons. The maximum absolute atomic E-state index is 7.68. The Morgan fingerprint density at radius 2 is 0.293 bits per heavy atom. The van der Waals surface area contributed by atoms with Gasteiger partial charge in [0, 0.05) is 25.7 Å². The maximum Gasteiger partial charge on any atom is 0.126 e. The molecule has 0 saturated carbocycles. The Labute approximate surface area is 697 Å². The van der Waals surface area contributed by atoms with Gasteiger partial charge in [0.2, 0.25) is 0 Å². The lowest BCUT2D eigenvalue weighted by atomic mass is 9.86. The van der Waals surface area contributed by atoms with Crippen LogP contribution in [-0.4, -0.2) is 26.4 Å². The molecule has 8 bridgehead atoms. The molecule has 0 atom stereocenters. The second kappa shape index (κ2) is 43.2. The number of unbranched alkanes of at least 4 members (excludes halogenated alkanes) is 20. The van der Waals surface area contributed by atoms with Gasteiger partial charge in [-0.25, -0.2) is 0 Å². The van der Waals surface area contributed by atoms with E-state index in [9.17, 15) is 0 Å². The van der Waals surface area contributed by atoms with E-state index in [4.69, 9.17) is 18.9 Å². The van der Waals surface area contributed by atoms with Crippen molar-refractivity contribution in [2.75, 3.05) is 26.4 Å². The standard InChI is InChI=1S/C112H128O4/c1-9-13-17-21-25-29-65-113-109-101-69-97(93-57-49-89(50-58-93)85-41-33-81(5)34-42-85)70-102(109)78-104-72-99(95-61-53-91(54-62-95)87-45-37-83(7)38-46-87)74-106(111(104)115-67-31-27-23-19-15-11-3)80-108-76-100(96-63-55-92(56-64-96)88-47-39-84(8)40-48-88)75-107(112(108)116-68-32-28-24-20-16-12-4)79-105-73-98(71-103(77-101)110(105)114-66-30-26-22-18-14-10-2)94-59-51-90(52-60-94)86-43-35-82(6)36-44-86/h33-64,69-76H,9-32,65-68,77-80H2,1-8H3. The third kappa shape index (κ3) is 23.1. The van der Waals surface area contributed by atoms with Crippen LogP contribution in [0, 0.1) is 27.7 Å². The lowest BCUT2D eigenvalue weighted by Crippen LogP contribution is -2.11. The SMILES string of the molecule is CCCCCCCCOc1c2cc(-c3ccc(-c4ccc(C)cc4)cc3)cc1Cc1cc(-c3ccc(-c4ccc(C)cc4)cc3)cc(c1OCCCCCCCC)Cc1cc(-c3ccc(-c4ccc(C)cc4)cc3)cc(c1OCCCCCCCC)Cc1cc(-c3ccc(-c4ccc(C)cc4)cc3)cc(c1OCCCCCCCC)C2. The highest BCUT2D eigenvalue weighted by Gasteiger charge is 2.27. The van der Waals surface area contributed by atoms with Gasteiger partial charge in [-0.1, -0.05) is 372 Å². The number of aryl methyl sites for hydroxylation is 4. The van der Waals surface area contributed by atoms with Gasteiger partial charge in [0.05, 0.1) is 26.4 Å². The van der Waals surface area contributed by atoms with Crippen LogP contribution in [0.1, 0.15) is 249 Å². The molecule has 0 unspecified atom stereocenters. The zero-order valence-corrected chi connectivity index (χ0v) is 71.4. The van der Waals surface area contributed by atoms with Crippen molar-refractivity contribution in [3.63, 3.8) is 0 Å². The largest absolute Gasteiger partial charge is 0.493 e. The maximum atomic E-state index is 7.68. The Morgan fingerprint density at radius 1 is 0.164 bits per heavy atom. The van der Waals surface area contributed by atoms with Crippen LogP contribution in [0.15, 0.2) is 243 Å². The van der Waals surface area contributed by atoms with Gasteiger partial charge in [-0.2, -0.15) is 0 Å². The Morgan fingerprint density at radius 3 is 0.448 bits per heavy atom. The Bertz CT molecular complexity index is 4290. The van der Waals surface area contributed by atoms with Crippen molar-refractivity contribution < 1.29 is 18.9 Å². The minimum Gasteiger partial charge on any atom is -0.493 e. The number of fused-ring (bicyclic) bond motifs is 8. The van der Waals surface area contributed by atoms with Crippen LogP contribution in [0.4, 0.5) is 0 Å². The van der Waals surface area contributed by atoms with Gasteiger partial charge in [0.25, 0.3) is 0 Å². The predicted octanol–water partition coefficient (Wildman–Crippen LogP) is 31.9. The smallest absolute Gasteiger partial charge is 0.126 e. The van der Waals surface area contributed by atoms with Gasteiger partial charge in [-0.3, -0.25) is 0 Å². The summed E-state index contributed by atoms with van der Waals surface area (Å²) in [5.41, 5.74) is 33.2. The fourth-order valence-electron chi connectivity index (χ4n) is 16.9. The predicted molar refractivity (Wildman–Crippen MR) is 495 cm³/mol. The zero-order valence-electron chi connectivity index (χ0n) is 71.4. The number of ether oxygens (including phenoxy) is 4. The van der Waals surface area contributed by atoms with E-state index in [-0.39, 0.29) is 0 Å². The van der Waals surface area contributed by atoms with Crippen LogP contribution in [0.3, 0.4) is 0 Å². The summed E-state index contributed by atoms with van der Waals surface area (Å²) in [6, 6.07) is 92.8. The monoisotopic (exact) mass is 1540 g/mol. The Hall–Kier alpha value is -10.2. The number of rotatable bonds is 40. The van der Waals surface area contributed by atoms with E-state index in [1.54, 1.807) is 0 Å². The molecule has 12 aromatic carbocycles. The lowest BCUT2D eigenvalue weighted by Gasteiger charge is -2.25. The summed E-state index contributed by atoms with van der Waals surface area (Å²) in [6.45, 7) is 20.4. The zero-order chi connectivity index (χ0) is 80.2. The normalized spacial score (nSPS) is 11.9. The summed E-state index contributed by atoms with van der Waals surface area (Å²) in [6.07, 6.45) is 30.3. The fraction of sp³-hybridized carbons (Fsp3) is 0.357. The molecule has 0 aromatic heterocycles. The first-order chi connectivity index (χ1) is 57.0. The molecule has 0 amide bonds. The fourth-order valence-corrected chi connectivity index (χ4v) is 16.9. The molecule has 0 saturated heterocycles. The molecule has 600 valence electrons. The number of benzene rings is 12. The molecule has 0 fully saturated rings. The summed E-state index contributed by atoms with van der Waals surface area (Å²) < 4.78 is 30.7. The average molecular weight is 1540 g/mol. The molecule has 1 aliphatic rings. The molecular formula is C112H128O4. The molecule has 0 N–H and O–H groups in total. The summed E-state index contributed by atoms with van der Waals surface area (Å²) >= 11 is 0. The van der Waals surface area contributed by atoms with E-state index in [1.807, 2.05) is 0 Å². The van der Waals surface area contributed by atoms with Gasteiger partial charge in [0.1, 0.15) is 23.0 Å². The second-order valence-corrected chi connectivity index (χ2v) is 33.4. The minimum absolute atomic E-state index is 0.572. The molecule has 1 aliphatic carbocycles. The van der Waals surface area contributed by atoms with Gasteiger partial charge >= 0.3 is 0 Å². The summed E-state index contributed by atoms with van der Waals surface area (Å²) in [7, 11) is 0. The lowest BCUT2D eigenvalue weighted by molar-refractivity contribution is 0.293. The van der Waals surface area contributed by atoms with Crippen molar-refractivity contribution in [1.82, 2.24) is 0 Å². The molecule has 12 aromatic rings. The van der Waals surface area contributed by atoms with Crippen molar-refractivity contribution >= 4 is 0 Å². The molecule has 4 heteroatoms. The van der Waals surface area contributed by atoms with Crippen molar-refractivity contribution in [2.45, 2.75) is 235 Å². The van der Waals surface area contributed by atoms with E-state index >= 15 is 0 Å². The third-order valence-corrected chi connectivity index (χ3v) is 23.9. The van der Waals surface area contributed by atoms with Crippen LogP contribution in [-0.2, 0) is 25.7 Å². The van der Waals surface area contributed by atoms with Crippen LogP contribution in [0.2, 0.25) is 0 Å². The highest BCUT2D eigenvalue weighted by atomic mass is 16.5. The van der Waals surface area contributed by atoms with Crippen molar-refractivity contribution in [2.24, 2.45) is 0 Å². The highest BCUT2D eigenvalue weighted by Crippen LogP contribution is 2.46. The van der Waals surface area contributed by atoms with Gasteiger partial charge < -0.3 is 18.9 Å². The molecule has 116 heavy (non-hydrogen) atoms. The van der Waals surface area contributed by atoms with Crippen molar-refractivity contribution in [3.05, 3.63) is 309 Å². The van der Waals surface area contributed by atoms with Crippen molar-refractivity contribution in [3.8, 4) is 112 Å². The van der Waals surface area contributed by atoms with Crippen LogP contribution < -0.4 is 18.9 Å². The van der Waals surface area contributed by atoms with Gasteiger partial charge in [-0.05, 0) is 235 Å². The molecule has 0 aliphatic heterocycles. The first-order valence-corrected chi connectivity index (χ1v) is 44.8. The van der Waals surface area contributed by atoms with Gasteiger partial charge in [0.15, 0.2) is 0 Å². The van der Waals surface area contributed by atoms with E-state index in [2.05, 4.69) is 298 Å². The molecular weight excluding hydrogens is 1410 g/mol. The molecule has 13 rings (SSSR count). The molecule has 0 heterocycles. The Kier molecular flexibility index (Phi) is 31.2. The first-order valence-electron chi connectivity index (χ1n) is 44.8. The summed E-state index contributed by atoms with van der Waals surface area (Å²) in [5, 5.41) is 0. The van der Waals surface area contributed by atoms with E-state index in [0.717, 1.165) is 163 Å². The van der Waals surface area contributed by atoms with Crippen LogP contribution in [0.25, 0.3) is 89.0 Å². The summed E-state index contributed by atoms with van der Waals surface area (Å²) in [5.74, 6) is 3.86. The Balaban J connectivity index is 1.08. The minimum atomic E-state index is 0.572. The van der Waals surface area contributed by atoms with Crippen molar-refractivity contribution in [1.29, 1.82) is 0 Å². The second-order valence-electron chi connectivity index (χ2n) is 33.4. The topological polar surface area (TPSA) is 36.9 Å². The third-order valence-electron chi connectivity index (χ3n) is 23.9. The number of hydrogen-bond acceptors (Lipinski definition) is 4. The quantitative estimate of drug-likeness (QED) is 0.0359. The highest BCUT2D eigenvalue weighted by molar-refractivity contribution is 5.79. The molecule has 4 nitrogen and oxygen atoms in total. The van der Waals surface area contributed by atoms with E-state index in [0.29, 0.717) is 52.1 Å². The first kappa shape index (κ1) is 83.8. The van der Waals surface area contributed by atoms with Crippen LogP contribution >= 0.6 is 0 Å². The van der Waals surface area contributed by atoms with E-state index in [1.165, 1.54) is 169 Å². The van der Waals surface area contributed by atoms with Crippen LogP contribution in [0.5, 0.6) is 23.0 Å². The average Bonchev–Trinajstić information content (AvgIpc) is 0.749. The van der Waals surface area contributed by atoms with E-state index < -0.39 is 0 Å². The summed E-state index contributed by atoms with van der Waals surface area (Å²) in [4.78, 5) is 0. The van der Waals surface area contributed by atoms with Gasteiger partial charge in [-0.15, -0.1) is 0 Å². The number of hydrogen-bond donors (Lipinski definition) is 0. The molecule has 0 spiro atoms.